The molecule has 4 rings (SSSR count). The van der Waals surface area contributed by atoms with Crippen LogP contribution in [0, 0.1) is 0 Å². The Labute approximate surface area is 308 Å². The van der Waals surface area contributed by atoms with Crippen molar-refractivity contribution in [1.29, 1.82) is 0 Å². The lowest BCUT2D eigenvalue weighted by Crippen LogP contribution is -2.19. The van der Waals surface area contributed by atoms with Crippen LogP contribution in [0.3, 0.4) is 0 Å². The summed E-state index contributed by atoms with van der Waals surface area (Å²) in [6.07, 6.45) is 0. The number of phenols is 2. The van der Waals surface area contributed by atoms with E-state index < -0.39 is 11.8 Å². The number of hydrogen-bond acceptors (Lipinski definition) is 8. The van der Waals surface area contributed by atoms with Crippen molar-refractivity contribution < 1.29 is 38.7 Å². The maximum Gasteiger partial charge on any atom is 0.313 e. The second-order valence-electron chi connectivity index (χ2n) is 15.2. The number of esters is 2. The molecule has 0 fully saturated rings. The van der Waals surface area contributed by atoms with Crippen molar-refractivity contribution in [3.8, 4) is 33.8 Å². The van der Waals surface area contributed by atoms with Crippen LogP contribution in [-0.2, 0) is 39.4 Å². The Morgan fingerprint density at radius 3 is 1.19 bits per heavy atom. The standard InChI is InChI=1S/C44H54O8/c1-29(33-25-35(31-15-11-9-12-16-31)39(45)37(27-33)43(3,4)5)41(47)51-23-21-49-19-20-50-22-24-52-42(48)30(2)34-26-36(32-17-13-10-14-18-32)40(46)38(28-34)44(6,7)8/h9-18,25-30,45-46H,19-24H2,1-8H3. The van der Waals surface area contributed by atoms with Crippen molar-refractivity contribution in [3.05, 3.63) is 107 Å². The molecule has 0 aliphatic heterocycles. The van der Waals surface area contributed by atoms with E-state index in [1.54, 1.807) is 13.8 Å². The molecule has 0 heterocycles. The van der Waals surface area contributed by atoms with Crippen LogP contribution >= 0.6 is 0 Å². The van der Waals surface area contributed by atoms with Crippen molar-refractivity contribution in [3.63, 3.8) is 0 Å². The van der Waals surface area contributed by atoms with Crippen molar-refractivity contribution in [2.24, 2.45) is 0 Å². The van der Waals surface area contributed by atoms with Gasteiger partial charge in [-0.15, -0.1) is 0 Å². The molecule has 278 valence electrons. The summed E-state index contributed by atoms with van der Waals surface area (Å²) in [6.45, 7) is 16.9. The number of aromatic hydroxyl groups is 2. The van der Waals surface area contributed by atoms with Crippen LogP contribution in [0.4, 0.5) is 0 Å². The third kappa shape index (κ3) is 10.5. The van der Waals surface area contributed by atoms with Gasteiger partial charge in [-0.3, -0.25) is 9.59 Å². The second kappa shape index (κ2) is 17.7. The molecule has 0 aliphatic carbocycles. The molecule has 0 saturated heterocycles. The molecule has 0 saturated carbocycles. The van der Waals surface area contributed by atoms with E-state index in [1.807, 2.05) is 126 Å². The molecule has 52 heavy (non-hydrogen) atoms. The number of ether oxygens (including phenoxy) is 4. The van der Waals surface area contributed by atoms with Crippen LogP contribution in [0.5, 0.6) is 11.5 Å². The molecular formula is C44H54O8. The van der Waals surface area contributed by atoms with Gasteiger partial charge in [-0.25, -0.2) is 0 Å². The maximum absolute atomic E-state index is 13.0. The van der Waals surface area contributed by atoms with E-state index in [1.165, 1.54) is 0 Å². The second-order valence-corrected chi connectivity index (χ2v) is 15.2. The van der Waals surface area contributed by atoms with Crippen LogP contribution < -0.4 is 0 Å². The highest BCUT2D eigenvalue weighted by Crippen LogP contribution is 2.42. The Morgan fingerprint density at radius 2 is 0.865 bits per heavy atom. The predicted molar refractivity (Wildman–Crippen MR) is 205 cm³/mol. The molecule has 2 unspecified atom stereocenters. The first-order valence-electron chi connectivity index (χ1n) is 17.9. The Bertz CT molecular complexity index is 1650. The lowest BCUT2D eigenvalue weighted by atomic mass is 9.81. The van der Waals surface area contributed by atoms with Gasteiger partial charge < -0.3 is 29.2 Å². The molecule has 4 aromatic rings. The summed E-state index contributed by atoms with van der Waals surface area (Å²) in [6, 6.07) is 26.7. The fourth-order valence-electron chi connectivity index (χ4n) is 5.88. The van der Waals surface area contributed by atoms with E-state index >= 15 is 0 Å². The maximum atomic E-state index is 13.0. The monoisotopic (exact) mass is 710 g/mol. The van der Waals surface area contributed by atoms with Crippen LogP contribution in [-0.4, -0.2) is 61.8 Å². The molecule has 2 N–H and O–H groups in total. The first-order valence-corrected chi connectivity index (χ1v) is 17.9. The average Bonchev–Trinajstić information content (AvgIpc) is 3.11. The van der Waals surface area contributed by atoms with Gasteiger partial charge in [0, 0.05) is 22.3 Å². The minimum absolute atomic E-state index is 0.0919. The van der Waals surface area contributed by atoms with Gasteiger partial charge in [0.15, 0.2) is 0 Å². The van der Waals surface area contributed by atoms with E-state index in [-0.39, 0.29) is 73.9 Å². The van der Waals surface area contributed by atoms with Gasteiger partial charge in [0.05, 0.1) is 38.3 Å². The van der Waals surface area contributed by atoms with Crippen molar-refractivity contribution in [1.82, 2.24) is 0 Å². The van der Waals surface area contributed by atoms with Crippen molar-refractivity contribution in [2.75, 3.05) is 39.6 Å². The number of carbonyl (C=O) groups is 2. The molecule has 8 nitrogen and oxygen atoms in total. The zero-order valence-corrected chi connectivity index (χ0v) is 31.8. The first-order chi connectivity index (χ1) is 24.6. The number of carbonyl (C=O) groups excluding carboxylic acids is 2. The van der Waals surface area contributed by atoms with Gasteiger partial charge >= 0.3 is 11.9 Å². The highest BCUT2D eigenvalue weighted by Gasteiger charge is 2.27. The van der Waals surface area contributed by atoms with Gasteiger partial charge in [0.2, 0.25) is 0 Å². The molecule has 4 aromatic carbocycles. The number of hydrogen-bond donors (Lipinski definition) is 2. The molecule has 8 heteroatoms. The topological polar surface area (TPSA) is 112 Å². The van der Waals surface area contributed by atoms with Crippen LogP contribution in [0.15, 0.2) is 84.9 Å². The molecule has 2 atom stereocenters. The summed E-state index contributed by atoms with van der Waals surface area (Å²) >= 11 is 0. The zero-order chi connectivity index (χ0) is 38.1. The van der Waals surface area contributed by atoms with Crippen LogP contribution in [0.1, 0.15) is 89.5 Å². The Hall–Kier alpha value is -4.66. The fraction of sp³-hybridized carbons (Fsp3) is 0.409. The minimum Gasteiger partial charge on any atom is -0.507 e. The number of benzene rings is 4. The van der Waals surface area contributed by atoms with E-state index in [0.717, 1.165) is 33.4 Å². The smallest absolute Gasteiger partial charge is 0.313 e. The lowest BCUT2D eigenvalue weighted by Gasteiger charge is -2.25. The number of phenolic OH excluding ortho intramolecular Hbond substituents is 2. The molecule has 0 radical (unpaired) electrons. The normalized spacial score (nSPS) is 13.0. The lowest BCUT2D eigenvalue weighted by molar-refractivity contribution is -0.148. The third-order valence-corrected chi connectivity index (χ3v) is 9.07. The van der Waals surface area contributed by atoms with Gasteiger partial charge in [-0.1, -0.05) is 114 Å². The van der Waals surface area contributed by atoms with E-state index in [2.05, 4.69) is 0 Å². The summed E-state index contributed by atoms with van der Waals surface area (Å²) in [5.41, 5.74) is 5.51. The summed E-state index contributed by atoms with van der Waals surface area (Å²) in [4.78, 5) is 26.0. The molecule has 0 aromatic heterocycles. The quantitative estimate of drug-likeness (QED) is 0.0929. The van der Waals surface area contributed by atoms with Gasteiger partial charge in [-0.2, -0.15) is 0 Å². The van der Waals surface area contributed by atoms with Crippen LogP contribution in [0.25, 0.3) is 22.3 Å². The Morgan fingerprint density at radius 1 is 0.538 bits per heavy atom. The van der Waals surface area contributed by atoms with Gasteiger partial charge in [-0.05, 0) is 59.1 Å². The first kappa shape index (κ1) is 40.1. The Balaban J connectivity index is 1.19. The fourth-order valence-corrected chi connectivity index (χ4v) is 5.88. The Kier molecular flexibility index (Phi) is 13.7. The summed E-state index contributed by atoms with van der Waals surface area (Å²) in [5.74, 6) is -1.41. The molecule has 0 aliphatic rings. The predicted octanol–water partition coefficient (Wildman–Crippen LogP) is 9.05. The largest absolute Gasteiger partial charge is 0.507 e. The summed E-state index contributed by atoms with van der Waals surface area (Å²) in [5, 5.41) is 22.2. The van der Waals surface area contributed by atoms with E-state index in [0.29, 0.717) is 11.1 Å². The third-order valence-electron chi connectivity index (χ3n) is 9.07. The van der Waals surface area contributed by atoms with Gasteiger partial charge in [0.25, 0.3) is 0 Å². The molecule has 0 amide bonds. The molecule has 0 bridgehead atoms. The zero-order valence-electron chi connectivity index (χ0n) is 31.8. The molecule has 0 spiro atoms. The highest BCUT2D eigenvalue weighted by atomic mass is 16.6. The SMILES string of the molecule is CC(C(=O)OCCOCCOCCOC(=O)C(C)c1cc(-c2ccccc2)c(O)c(C(C)(C)C)c1)c1cc(-c2ccccc2)c(O)c(C(C)(C)C)c1. The van der Waals surface area contributed by atoms with E-state index in [4.69, 9.17) is 18.9 Å². The molecular weight excluding hydrogens is 656 g/mol. The average molecular weight is 711 g/mol. The van der Waals surface area contributed by atoms with Crippen LogP contribution in [0.2, 0.25) is 0 Å². The van der Waals surface area contributed by atoms with E-state index in [9.17, 15) is 19.8 Å². The van der Waals surface area contributed by atoms with Gasteiger partial charge in [0.1, 0.15) is 24.7 Å². The summed E-state index contributed by atoms with van der Waals surface area (Å²) < 4.78 is 22.2. The van der Waals surface area contributed by atoms with Crippen molar-refractivity contribution >= 4 is 11.9 Å². The summed E-state index contributed by atoms with van der Waals surface area (Å²) in [7, 11) is 0. The highest BCUT2D eigenvalue weighted by molar-refractivity contribution is 5.82. The number of rotatable bonds is 15. The van der Waals surface area contributed by atoms with Crippen molar-refractivity contribution in [2.45, 2.75) is 78.1 Å². The minimum atomic E-state index is -0.543.